The zero-order chi connectivity index (χ0) is 14.7. The number of carbonyl (C=O) groups excluding carboxylic acids is 2. The lowest BCUT2D eigenvalue weighted by molar-refractivity contribution is -0.137. The minimum atomic E-state index is -0.180. The number of carbonyl (C=O) groups is 2. The molecule has 108 valence electrons. The van der Waals surface area contributed by atoms with Gasteiger partial charge in [0.1, 0.15) is 5.75 Å². The highest BCUT2D eigenvalue weighted by Crippen LogP contribution is 2.35. The Balaban J connectivity index is 2.33. The fourth-order valence-electron chi connectivity index (χ4n) is 2.93. The van der Waals surface area contributed by atoms with Crippen molar-refractivity contribution < 1.29 is 14.3 Å². The molecule has 4 heteroatoms. The Kier molecular flexibility index (Phi) is 4.42. The van der Waals surface area contributed by atoms with Gasteiger partial charge in [0, 0.05) is 18.3 Å². The van der Waals surface area contributed by atoms with Gasteiger partial charge in [0.15, 0.2) is 0 Å². The summed E-state index contributed by atoms with van der Waals surface area (Å²) in [5, 5.41) is 2.45. The SMILES string of the molecule is CCCC1C(=O)NC(=O)CC1c1ccc(OC)c(C)c1. The Bertz CT molecular complexity index is 524. The van der Waals surface area contributed by atoms with E-state index in [9.17, 15) is 9.59 Å². The number of benzene rings is 1. The molecule has 1 aliphatic heterocycles. The number of imide groups is 1. The van der Waals surface area contributed by atoms with Gasteiger partial charge < -0.3 is 4.74 Å². The maximum Gasteiger partial charge on any atom is 0.230 e. The van der Waals surface area contributed by atoms with E-state index >= 15 is 0 Å². The van der Waals surface area contributed by atoms with Gasteiger partial charge in [-0.2, -0.15) is 0 Å². The van der Waals surface area contributed by atoms with E-state index in [0.717, 1.165) is 29.7 Å². The number of amides is 2. The van der Waals surface area contributed by atoms with Gasteiger partial charge in [0.05, 0.1) is 7.11 Å². The van der Waals surface area contributed by atoms with Crippen LogP contribution < -0.4 is 10.1 Å². The van der Waals surface area contributed by atoms with Gasteiger partial charge in [0.25, 0.3) is 0 Å². The first-order chi connectivity index (χ1) is 9.56. The molecular formula is C16H21NO3. The van der Waals surface area contributed by atoms with Crippen molar-refractivity contribution in [2.24, 2.45) is 5.92 Å². The molecule has 4 nitrogen and oxygen atoms in total. The Morgan fingerprint density at radius 1 is 1.35 bits per heavy atom. The number of ether oxygens (including phenoxy) is 1. The minimum absolute atomic E-state index is 0.0270. The minimum Gasteiger partial charge on any atom is -0.496 e. The third-order valence-corrected chi connectivity index (χ3v) is 3.94. The maximum absolute atomic E-state index is 12.0. The Morgan fingerprint density at radius 2 is 2.10 bits per heavy atom. The fraction of sp³-hybridized carbons (Fsp3) is 0.500. The zero-order valence-corrected chi connectivity index (χ0v) is 12.2. The van der Waals surface area contributed by atoms with Gasteiger partial charge in [-0.25, -0.2) is 0 Å². The van der Waals surface area contributed by atoms with Crippen molar-refractivity contribution in [1.29, 1.82) is 0 Å². The summed E-state index contributed by atoms with van der Waals surface area (Å²) in [7, 11) is 1.64. The van der Waals surface area contributed by atoms with Gasteiger partial charge in [-0.05, 0) is 30.5 Å². The highest BCUT2D eigenvalue weighted by atomic mass is 16.5. The number of rotatable bonds is 4. The normalized spacial score (nSPS) is 22.6. The predicted octanol–water partition coefficient (Wildman–Crippen LogP) is 2.55. The van der Waals surface area contributed by atoms with E-state index in [4.69, 9.17) is 4.74 Å². The van der Waals surface area contributed by atoms with Crippen molar-refractivity contribution in [3.8, 4) is 5.75 Å². The van der Waals surface area contributed by atoms with Gasteiger partial charge in [-0.3, -0.25) is 14.9 Å². The van der Waals surface area contributed by atoms with Crippen molar-refractivity contribution in [3.63, 3.8) is 0 Å². The molecule has 0 radical (unpaired) electrons. The quantitative estimate of drug-likeness (QED) is 0.859. The number of piperidine rings is 1. The van der Waals surface area contributed by atoms with Crippen LogP contribution in [0.2, 0.25) is 0 Å². The highest BCUT2D eigenvalue weighted by molar-refractivity contribution is 5.99. The van der Waals surface area contributed by atoms with Crippen molar-refractivity contribution >= 4 is 11.8 Å². The second-order valence-corrected chi connectivity index (χ2v) is 5.35. The molecule has 0 aromatic heterocycles. The van der Waals surface area contributed by atoms with Crippen LogP contribution in [0, 0.1) is 12.8 Å². The van der Waals surface area contributed by atoms with E-state index in [1.807, 2.05) is 25.1 Å². The first-order valence-corrected chi connectivity index (χ1v) is 7.05. The predicted molar refractivity (Wildman–Crippen MR) is 76.6 cm³/mol. The second-order valence-electron chi connectivity index (χ2n) is 5.35. The largest absolute Gasteiger partial charge is 0.496 e. The van der Waals surface area contributed by atoms with Crippen LogP contribution in [0.15, 0.2) is 18.2 Å². The van der Waals surface area contributed by atoms with Crippen LogP contribution in [0.25, 0.3) is 0 Å². The Morgan fingerprint density at radius 3 is 2.70 bits per heavy atom. The summed E-state index contributed by atoms with van der Waals surface area (Å²) in [6.07, 6.45) is 2.11. The average Bonchev–Trinajstić information content (AvgIpc) is 2.41. The third kappa shape index (κ3) is 2.84. The third-order valence-electron chi connectivity index (χ3n) is 3.94. The van der Waals surface area contributed by atoms with E-state index in [2.05, 4.69) is 12.2 Å². The molecule has 1 heterocycles. The standard InChI is InChI=1S/C16H21NO3/c1-4-5-12-13(9-15(18)17-16(12)19)11-6-7-14(20-3)10(2)8-11/h6-8,12-13H,4-5,9H2,1-3H3,(H,17,18,19). The summed E-state index contributed by atoms with van der Waals surface area (Å²) in [6.45, 7) is 4.03. The lowest BCUT2D eigenvalue weighted by Gasteiger charge is -2.30. The Hall–Kier alpha value is -1.84. The first-order valence-electron chi connectivity index (χ1n) is 7.05. The number of methoxy groups -OCH3 is 1. The molecule has 2 atom stereocenters. The molecule has 20 heavy (non-hydrogen) atoms. The summed E-state index contributed by atoms with van der Waals surface area (Å²) in [4.78, 5) is 23.7. The van der Waals surface area contributed by atoms with E-state index in [0.29, 0.717) is 6.42 Å². The summed E-state index contributed by atoms with van der Waals surface area (Å²) >= 11 is 0. The maximum atomic E-state index is 12.0. The van der Waals surface area contributed by atoms with Crippen molar-refractivity contribution in [2.75, 3.05) is 7.11 Å². The molecule has 1 N–H and O–H groups in total. The van der Waals surface area contributed by atoms with Crippen LogP contribution in [0.4, 0.5) is 0 Å². The summed E-state index contributed by atoms with van der Waals surface area (Å²) < 4.78 is 5.26. The molecule has 1 saturated heterocycles. The molecule has 0 bridgehead atoms. The second kappa shape index (κ2) is 6.07. The summed E-state index contributed by atoms with van der Waals surface area (Å²) in [6, 6.07) is 5.90. The van der Waals surface area contributed by atoms with Gasteiger partial charge in [-0.1, -0.05) is 25.5 Å². The molecule has 0 spiro atoms. The van der Waals surface area contributed by atoms with Gasteiger partial charge in [0.2, 0.25) is 11.8 Å². The number of nitrogens with one attached hydrogen (secondary N) is 1. The van der Waals surface area contributed by atoms with E-state index in [-0.39, 0.29) is 23.7 Å². The summed E-state index contributed by atoms with van der Waals surface area (Å²) in [5.41, 5.74) is 2.07. The fourth-order valence-corrected chi connectivity index (χ4v) is 2.93. The number of hydrogen-bond acceptors (Lipinski definition) is 3. The zero-order valence-electron chi connectivity index (χ0n) is 12.2. The van der Waals surface area contributed by atoms with Crippen LogP contribution in [0.3, 0.4) is 0 Å². The molecule has 1 fully saturated rings. The molecule has 2 amide bonds. The van der Waals surface area contributed by atoms with E-state index in [1.165, 1.54) is 0 Å². The van der Waals surface area contributed by atoms with E-state index < -0.39 is 0 Å². The Labute approximate surface area is 119 Å². The lowest BCUT2D eigenvalue weighted by atomic mass is 9.78. The van der Waals surface area contributed by atoms with Crippen LogP contribution in [0.5, 0.6) is 5.75 Å². The van der Waals surface area contributed by atoms with Crippen LogP contribution in [-0.4, -0.2) is 18.9 Å². The highest BCUT2D eigenvalue weighted by Gasteiger charge is 2.36. The summed E-state index contributed by atoms with van der Waals surface area (Å²) in [5.74, 6) is 0.362. The first kappa shape index (κ1) is 14.6. The smallest absolute Gasteiger partial charge is 0.230 e. The lowest BCUT2D eigenvalue weighted by Crippen LogP contribution is -2.44. The topological polar surface area (TPSA) is 55.4 Å². The molecule has 2 rings (SSSR count). The van der Waals surface area contributed by atoms with Crippen molar-refractivity contribution in [2.45, 2.75) is 39.0 Å². The van der Waals surface area contributed by atoms with Gasteiger partial charge in [-0.15, -0.1) is 0 Å². The molecular weight excluding hydrogens is 254 g/mol. The number of aryl methyl sites for hydroxylation is 1. The van der Waals surface area contributed by atoms with Crippen LogP contribution in [0.1, 0.15) is 43.2 Å². The van der Waals surface area contributed by atoms with Crippen LogP contribution >= 0.6 is 0 Å². The van der Waals surface area contributed by atoms with Crippen molar-refractivity contribution in [3.05, 3.63) is 29.3 Å². The van der Waals surface area contributed by atoms with Gasteiger partial charge >= 0.3 is 0 Å². The van der Waals surface area contributed by atoms with Crippen molar-refractivity contribution in [1.82, 2.24) is 5.32 Å². The molecule has 1 aromatic carbocycles. The molecule has 0 saturated carbocycles. The molecule has 1 aromatic rings. The van der Waals surface area contributed by atoms with E-state index in [1.54, 1.807) is 7.11 Å². The molecule has 0 aliphatic carbocycles. The monoisotopic (exact) mass is 275 g/mol. The number of hydrogen-bond donors (Lipinski definition) is 1. The average molecular weight is 275 g/mol. The molecule has 1 aliphatic rings. The van der Waals surface area contributed by atoms with Crippen LogP contribution in [-0.2, 0) is 9.59 Å². The molecule has 2 unspecified atom stereocenters.